The number of hydrogen-bond acceptors (Lipinski definition) is 5. The predicted molar refractivity (Wildman–Crippen MR) is 149 cm³/mol. The molecule has 2 aromatic heterocycles. The smallest absolute Gasteiger partial charge is 0.280 e. The number of thiazole rings is 1. The van der Waals surface area contributed by atoms with Gasteiger partial charge >= 0.3 is 0 Å². The summed E-state index contributed by atoms with van der Waals surface area (Å²) in [5, 5.41) is 8.91. The van der Waals surface area contributed by atoms with Crippen molar-refractivity contribution < 1.29 is 13.9 Å². The van der Waals surface area contributed by atoms with Crippen molar-refractivity contribution in [3.63, 3.8) is 0 Å². The number of ether oxygens (including phenoxy) is 1. The number of rotatable bonds is 7. The topological polar surface area (TPSA) is 69.0 Å². The molecule has 38 heavy (non-hydrogen) atoms. The highest BCUT2D eigenvalue weighted by Gasteiger charge is 2.27. The number of nitrogens with one attached hydrogen (secondary N) is 1. The molecule has 0 saturated carbocycles. The second-order valence-corrected chi connectivity index (χ2v) is 10.9. The first kappa shape index (κ1) is 25.6. The Morgan fingerprint density at radius 3 is 2.42 bits per heavy atom. The fourth-order valence-electron chi connectivity index (χ4n) is 4.55. The van der Waals surface area contributed by atoms with Crippen molar-refractivity contribution >= 4 is 28.1 Å². The maximum absolute atomic E-state index is 13.4. The minimum atomic E-state index is -0.441. The van der Waals surface area contributed by atoms with Gasteiger partial charge in [-0.25, -0.2) is 14.1 Å². The molecule has 0 aliphatic carbocycles. The molecule has 5 rings (SSSR count). The monoisotopic (exact) mass is 528 g/mol. The molecule has 194 valence electrons. The van der Waals surface area contributed by atoms with Crippen LogP contribution in [0.3, 0.4) is 0 Å². The van der Waals surface area contributed by atoms with Crippen LogP contribution in [0.1, 0.15) is 50.0 Å². The fourth-order valence-corrected chi connectivity index (χ4v) is 5.21. The lowest BCUT2D eigenvalue weighted by atomic mass is 9.94. The quantitative estimate of drug-likeness (QED) is 0.252. The van der Waals surface area contributed by atoms with Crippen LogP contribution < -0.4 is 10.1 Å². The zero-order valence-corrected chi connectivity index (χ0v) is 22.8. The molecular formula is C30H29FN4O2S. The minimum absolute atomic E-state index is 0.221. The second-order valence-electron chi connectivity index (χ2n) is 9.62. The van der Waals surface area contributed by atoms with Gasteiger partial charge in [0.25, 0.3) is 5.91 Å². The van der Waals surface area contributed by atoms with E-state index in [9.17, 15) is 9.18 Å². The van der Waals surface area contributed by atoms with Gasteiger partial charge in [-0.05, 0) is 99.3 Å². The van der Waals surface area contributed by atoms with Gasteiger partial charge in [-0.1, -0.05) is 12.1 Å². The molecule has 6 nitrogen and oxygen atoms in total. The van der Waals surface area contributed by atoms with Gasteiger partial charge in [-0.3, -0.25) is 4.79 Å². The third-order valence-electron chi connectivity index (χ3n) is 6.69. The molecule has 0 aliphatic rings. The summed E-state index contributed by atoms with van der Waals surface area (Å²) in [7, 11) is 0. The number of nitrogens with zero attached hydrogens (tertiary/aromatic N) is 3. The maximum atomic E-state index is 13.4. The van der Waals surface area contributed by atoms with E-state index in [1.807, 2.05) is 32.0 Å². The molecule has 0 unspecified atom stereocenters. The summed E-state index contributed by atoms with van der Waals surface area (Å²) < 4.78 is 21.8. The van der Waals surface area contributed by atoms with Crippen LogP contribution in [-0.4, -0.2) is 26.7 Å². The summed E-state index contributed by atoms with van der Waals surface area (Å²) in [5.74, 6) is 0.145. The van der Waals surface area contributed by atoms with Crippen molar-refractivity contribution in [2.45, 2.75) is 46.8 Å². The van der Waals surface area contributed by atoms with Gasteiger partial charge in [0.15, 0.2) is 5.01 Å². The number of carbonyl (C=O) groups is 1. The van der Waals surface area contributed by atoms with Crippen LogP contribution >= 0.6 is 11.3 Å². The lowest BCUT2D eigenvalue weighted by Crippen LogP contribution is -2.39. The molecule has 5 aromatic rings. The van der Waals surface area contributed by atoms with Crippen molar-refractivity contribution in [2.75, 3.05) is 0 Å². The average molecular weight is 529 g/mol. The van der Waals surface area contributed by atoms with E-state index in [0.717, 1.165) is 38.2 Å². The number of amides is 1. The van der Waals surface area contributed by atoms with E-state index in [2.05, 4.69) is 48.3 Å². The first-order valence-corrected chi connectivity index (χ1v) is 13.2. The van der Waals surface area contributed by atoms with E-state index in [4.69, 9.17) is 4.74 Å². The van der Waals surface area contributed by atoms with Gasteiger partial charge in [0.2, 0.25) is 0 Å². The molecule has 1 amide bonds. The van der Waals surface area contributed by atoms with Gasteiger partial charge in [0.1, 0.15) is 17.7 Å². The Kier molecular flexibility index (Phi) is 6.99. The number of hydrogen-bond donors (Lipinski definition) is 1. The molecule has 0 fully saturated rings. The Morgan fingerprint density at radius 2 is 1.71 bits per heavy atom. The lowest BCUT2D eigenvalue weighted by Gasteiger charge is -2.28. The van der Waals surface area contributed by atoms with Gasteiger partial charge in [0.05, 0.1) is 23.4 Å². The largest absolute Gasteiger partial charge is 0.484 e. The van der Waals surface area contributed by atoms with Crippen molar-refractivity contribution in [2.24, 2.45) is 0 Å². The first-order valence-electron chi connectivity index (χ1n) is 12.4. The standard InChI is InChI=1S/C30H29FN4O2S/c1-17-12-19(3)26(13-18(17)2)28(21(5)34-29(36)30-32-15-20(4)38-30)37-25-10-11-27-22(14-25)16-33-35(27)24-8-6-23(31)7-9-24/h6-16,21,28H,1-5H3,(H,34,36)/t21-,28-/m0/s1. The third-order valence-corrected chi connectivity index (χ3v) is 7.60. The zero-order valence-electron chi connectivity index (χ0n) is 21.9. The summed E-state index contributed by atoms with van der Waals surface area (Å²) in [5.41, 5.74) is 6.11. The molecule has 0 radical (unpaired) electrons. The SMILES string of the molecule is Cc1cnc(C(=O)N[C@@H](C)[C@H](Oc2ccc3c(cnn3-c3ccc(F)cc3)c2)c2cc(C)c(C)cc2C)s1. The Morgan fingerprint density at radius 1 is 0.974 bits per heavy atom. The normalized spacial score (nSPS) is 12.9. The van der Waals surface area contributed by atoms with Gasteiger partial charge in [-0.15, -0.1) is 11.3 Å². The minimum Gasteiger partial charge on any atom is -0.484 e. The number of halogens is 1. The van der Waals surface area contributed by atoms with Crippen LogP contribution in [0.4, 0.5) is 4.39 Å². The molecule has 2 heterocycles. The zero-order chi connectivity index (χ0) is 27.0. The van der Waals surface area contributed by atoms with Gasteiger partial charge in [0, 0.05) is 16.5 Å². The molecule has 0 saturated heterocycles. The van der Waals surface area contributed by atoms with Crippen LogP contribution in [0.2, 0.25) is 0 Å². The highest BCUT2D eigenvalue weighted by atomic mass is 32.1. The summed E-state index contributed by atoms with van der Waals surface area (Å²) in [6.45, 7) is 10.1. The van der Waals surface area contributed by atoms with E-state index in [-0.39, 0.29) is 17.8 Å². The molecule has 0 aliphatic heterocycles. The predicted octanol–water partition coefficient (Wildman–Crippen LogP) is 6.79. The molecule has 1 N–H and O–H groups in total. The molecule has 8 heteroatoms. The molecule has 3 aromatic carbocycles. The fraction of sp³-hybridized carbons (Fsp3) is 0.233. The Balaban J connectivity index is 1.47. The lowest BCUT2D eigenvalue weighted by molar-refractivity contribution is 0.0881. The molecule has 0 spiro atoms. The Bertz CT molecular complexity index is 1620. The Labute approximate surface area is 225 Å². The Hall–Kier alpha value is -4.04. The number of aromatic nitrogens is 3. The molecule has 0 bridgehead atoms. The van der Waals surface area contributed by atoms with Crippen LogP contribution in [0, 0.1) is 33.5 Å². The summed E-state index contributed by atoms with van der Waals surface area (Å²) in [6.07, 6.45) is 3.02. The van der Waals surface area contributed by atoms with Crippen molar-refractivity contribution in [1.29, 1.82) is 0 Å². The van der Waals surface area contributed by atoms with E-state index in [1.54, 1.807) is 29.2 Å². The molecular weight excluding hydrogens is 499 g/mol. The van der Waals surface area contributed by atoms with Gasteiger partial charge in [-0.2, -0.15) is 5.10 Å². The number of carbonyl (C=O) groups excluding carboxylic acids is 1. The number of benzene rings is 3. The summed E-state index contributed by atoms with van der Waals surface area (Å²) in [4.78, 5) is 18.2. The van der Waals surface area contributed by atoms with Crippen molar-refractivity contribution in [3.05, 3.63) is 105 Å². The van der Waals surface area contributed by atoms with Crippen molar-refractivity contribution in [3.8, 4) is 11.4 Å². The summed E-state index contributed by atoms with van der Waals surface area (Å²) in [6, 6.07) is 15.9. The average Bonchev–Trinajstić information content (AvgIpc) is 3.51. The van der Waals surface area contributed by atoms with Crippen LogP contribution in [-0.2, 0) is 0 Å². The third kappa shape index (κ3) is 5.17. The van der Waals surface area contributed by atoms with Crippen LogP contribution in [0.25, 0.3) is 16.6 Å². The van der Waals surface area contributed by atoms with Crippen LogP contribution in [0.15, 0.2) is 67.0 Å². The summed E-state index contributed by atoms with van der Waals surface area (Å²) >= 11 is 1.37. The van der Waals surface area contributed by atoms with Crippen LogP contribution in [0.5, 0.6) is 5.75 Å². The van der Waals surface area contributed by atoms with E-state index in [0.29, 0.717) is 10.8 Å². The first-order chi connectivity index (χ1) is 18.2. The molecule has 2 atom stereocenters. The van der Waals surface area contributed by atoms with E-state index in [1.165, 1.54) is 29.0 Å². The number of aryl methyl sites for hydroxylation is 4. The number of fused-ring (bicyclic) bond motifs is 1. The van der Waals surface area contributed by atoms with E-state index < -0.39 is 6.10 Å². The second kappa shape index (κ2) is 10.4. The van der Waals surface area contributed by atoms with Gasteiger partial charge < -0.3 is 10.1 Å². The van der Waals surface area contributed by atoms with Crippen molar-refractivity contribution in [1.82, 2.24) is 20.1 Å². The highest BCUT2D eigenvalue weighted by Crippen LogP contribution is 2.32. The maximum Gasteiger partial charge on any atom is 0.280 e. The van der Waals surface area contributed by atoms with E-state index >= 15 is 0 Å². The highest BCUT2D eigenvalue weighted by molar-refractivity contribution is 7.13.